The minimum atomic E-state index is -5.05. The average molecular weight is 477 g/mol. The van der Waals surface area contributed by atoms with E-state index in [0.29, 0.717) is 11.3 Å². The molecule has 178 valence electrons. The smallest absolute Gasteiger partial charge is 0.418 e. The summed E-state index contributed by atoms with van der Waals surface area (Å²) in [5.74, 6) is -0.880. The van der Waals surface area contributed by atoms with Crippen molar-refractivity contribution >= 4 is 11.8 Å². The van der Waals surface area contributed by atoms with E-state index in [1.54, 1.807) is 37.4 Å². The number of aromatic nitrogens is 1. The minimum absolute atomic E-state index is 0.202. The highest BCUT2D eigenvalue weighted by atomic mass is 19.4. The quantitative estimate of drug-likeness (QED) is 0.512. The Bertz CT molecular complexity index is 1470. The van der Waals surface area contributed by atoms with Gasteiger partial charge in [-0.25, -0.2) is 0 Å². The Morgan fingerprint density at radius 3 is 2.31 bits per heavy atom. The molecule has 4 rings (SSSR count). The Balaban J connectivity index is 2.00. The van der Waals surface area contributed by atoms with E-state index in [9.17, 15) is 28.3 Å². The second-order valence-corrected chi connectivity index (χ2v) is 8.81. The second-order valence-electron chi connectivity index (χ2n) is 8.81. The van der Waals surface area contributed by atoms with Gasteiger partial charge < -0.3 is 10.0 Å². The molecule has 2 aromatic carbocycles. The van der Waals surface area contributed by atoms with E-state index in [2.05, 4.69) is 5.73 Å². The molecule has 35 heavy (non-hydrogen) atoms. The van der Waals surface area contributed by atoms with Gasteiger partial charge >= 0.3 is 6.18 Å². The third-order valence-electron chi connectivity index (χ3n) is 6.27. The van der Waals surface area contributed by atoms with E-state index < -0.39 is 39.7 Å². The van der Waals surface area contributed by atoms with Crippen molar-refractivity contribution in [3.63, 3.8) is 0 Å². The van der Waals surface area contributed by atoms with Crippen molar-refractivity contribution in [1.29, 1.82) is 5.26 Å². The zero-order valence-corrected chi connectivity index (χ0v) is 19.3. The SMILES string of the molecule is CN1C(=C=Cc2c(C(F)(F)F)c(C#N)c(=O)n(Cc3ccccc3)c2O)C(C)(C)c2ccccc21. The number of benzene rings is 2. The first-order chi connectivity index (χ1) is 16.5. The van der Waals surface area contributed by atoms with Crippen molar-refractivity contribution in [2.24, 2.45) is 0 Å². The number of allylic oxidation sites excluding steroid dienone is 1. The number of likely N-dealkylation sites (N-methyl/N-ethyl adjacent to an activating group) is 1. The number of para-hydroxylation sites is 1. The number of anilines is 1. The van der Waals surface area contributed by atoms with E-state index in [0.717, 1.165) is 21.9 Å². The van der Waals surface area contributed by atoms with E-state index in [4.69, 9.17) is 0 Å². The van der Waals surface area contributed by atoms with Gasteiger partial charge in [-0.05, 0) is 37.1 Å². The predicted molar refractivity (Wildman–Crippen MR) is 127 cm³/mol. The summed E-state index contributed by atoms with van der Waals surface area (Å²) in [7, 11) is 1.78. The average Bonchev–Trinajstić information content (AvgIpc) is 3.01. The van der Waals surface area contributed by atoms with E-state index in [1.807, 2.05) is 43.0 Å². The van der Waals surface area contributed by atoms with Gasteiger partial charge in [0.05, 0.1) is 23.4 Å². The van der Waals surface area contributed by atoms with E-state index >= 15 is 0 Å². The highest BCUT2D eigenvalue weighted by molar-refractivity contribution is 5.72. The largest absolute Gasteiger partial charge is 0.494 e. The number of halogens is 3. The van der Waals surface area contributed by atoms with E-state index in [1.165, 1.54) is 6.07 Å². The number of rotatable bonds is 3. The molecule has 0 radical (unpaired) electrons. The summed E-state index contributed by atoms with van der Waals surface area (Å²) in [5.41, 5.74) is 0.927. The Morgan fingerprint density at radius 1 is 1.09 bits per heavy atom. The molecule has 8 heteroatoms. The lowest BCUT2D eigenvalue weighted by Gasteiger charge is -2.22. The Kier molecular flexibility index (Phi) is 5.84. The van der Waals surface area contributed by atoms with Crippen molar-refractivity contribution in [2.45, 2.75) is 32.0 Å². The van der Waals surface area contributed by atoms with Gasteiger partial charge in [0, 0.05) is 18.2 Å². The number of nitrogens with zero attached hydrogens (tertiary/aromatic N) is 3. The fourth-order valence-corrected chi connectivity index (χ4v) is 4.56. The first-order valence-corrected chi connectivity index (χ1v) is 10.8. The molecule has 5 nitrogen and oxygen atoms in total. The Morgan fingerprint density at radius 2 is 1.71 bits per heavy atom. The van der Waals surface area contributed by atoms with Crippen molar-refractivity contribution in [3.8, 4) is 11.9 Å². The van der Waals surface area contributed by atoms with Crippen LogP contribution in [0.25, 0.3) is 6.08 Å². The molecule has 3 aromatic rings. The monoisotopic (exact) mass is 477 g/mol. The highest BCUT2D eigenvalue weighted by Gasteiger charge is 2.41. The van der Waals surface area contributed by atoms with Crippen molar-refractivity contribution in [2.75, 3.05) is 11.9 Å². The fraction of sp³-hybridized carbons (Fsp3) is 0.222. The molecule has 0 saturated heterocycles. The lowest BCUT2D eigenvalue weighted by atomic mass is 9.84. The summed E-state index contributed by atoms with van der Waals surface area (Å²) in [6.45, 7) is 3.65. The molecule has 0 fully saturated rings. The van der Waals surface area contributed by atoms with Crippen LogP contribution in [0.2, 0.25) is 0 Å². The van der Waals surface area contributed by atoms with Crippen molar-refractivity contribution in [3.05, 3.63) is 104 Å². The fourth-order valence-electron chi connectivity index (χ4n) is 4.56. The van der Waals surface area contributed by atoms with Crippen molar-refractivity contribution in [1.82, 2.24) is 4.57 Å². The summed E-state index contributed by atoms with van der Waals surface area (Å²) in [5, 5.41) is 20.4. The van der Waals surface area contributed by atoms with Crippen LogP contribution >= 0.6 is 0 Å². The predicted octanol–water partition coefficient (Wildman–Crippen LogP) is 5.42. The van der Waals surface area contributed by atoms with Gasteiger partial charge in [-0.1, -0.05) is 54.3 Å². The van der Waals surface area contributed by atoms with Crippen LogP contribution in [0.15, 0.2) is 70.8 Å². The summed E-state index contributed by atoms with van der Waals surface area (Å²) in [4.78, 5) is 14.7. The lowest BCUT2D eigenvalue weighted by Crippen LogP contribution is -2.28. The van der Waals surface area contributed by atoms with Gasteiger partial charge in [0.25, 0.3) is 5.56 Å². The van der Waals surface area contributed by atoms with Crippen LogP contribution in [0.3, 0.4) is 0 Å². The summed E-state index contributed by atoms with van der Waals surface area (Å²) < 4.78 is 43.0. The Hall–Kier alpha value is -4.21. The molecule has 0 saturated carbocycles. The van der Waals surface area contributed by atoms with Crippen LogP contribution in [0.1, 0.15) is 41.7 Å². The van der Waals surface area contributed by atoms with Gasteiger partial charge in [0.1, 0.15) is 11.6 Å². The van der Waals surface area contributed by atoms with Crippen LogP contribution < -0.4 is 10.5 Å². The van der Waals surface area contributed by atoms with Gasteiger partial charge in [-0.2, -0.15) is 18.4 Å². The van der Waals surface area contributed by atoms with Gasteiger partial charge in [-0.15, -0.1) is 0 Å². The second kappa shape index (κ2) is 8.53. The van der Waals surface area contributed by atoms with Crippen molar-refractivity contribution < 1.29 is 18.3 Å². The summed E-state index contributed by atoms with van der Waals surface area (Å²) >= 11 is 0. The number of hydrogen-bond donors (Lipinski definition) is 1. The summed E-state index contributed by atoms with van der Waals surface area (Å²) in [6, 6.07) is 17.5. The molecule has 1 aromatic heterocycles. The topological polar surface area (TPSA) is 69.3 Å². The number of hydrogen-bond acceptors (Lipinski definition) is 4. The van der Waals surface area contributed by atoms with Gasteiger partial charge in [-0.3, -0.25) is 9.36 Å². The maximum atomic E-state index is 14.1. The van der Waals surface area contributed by atoms with Crippen LogP contribution in [0.4, 0.5) is 18.9 Å². The number of alkyl halides is 3. The van der Waals surface area contributed by atoms with Gasteiger partial charge in [0.15, 0.2) is 0 Å². The number of pyridine rings is 1. The molecule has 0 spiro atoms. The molecule has 0 atom stereocenters. The third kappa shape index (κ3) is 4.01. The molecular weight excluding hydrogens is 455 g/mol. The first-order valence-electron chi connectivity index (χ1n) is 10.8. The molecule has 1 aliphatic rings. The highest BCUT2D eigenvalue weighted by Crippen LogP contribution is 2.46. The molecule has 0 aliphatic carbocycles. The van der Waals surface area contributed by atoms with Crippen LogP contribution in [0.5, 0.6) is 5.88 Å². The maximum Gasteiger partial charge on any atom is 0.418 e. The zero-order chi connectivity index (χ0) is 25.5. The van der Waals surface area contributed by atoms with Crippen LogP contribution in [-0.2, 0) is 18.1 Å². The maximum absolute atomic E-state index is 14.1. The third-order valence-corrected chi connectivity index (χ3v) is 6.27. The number of aromatic hydroxyl groups is 1. The number of fused-ring (bicyclic) bond motifs is 1. The lowest BCUT2D eigenvalue weighted by molar-refractivity contribution is -0.138. The normalized spacial score (nSPS) is 14.3. The first kappa shape index (κ1) is 23.9. The molecule has 0 amide bonds. The standard InChI is InChI=1S/C27H22F3N3O2/c1-26(2)20-11-7-8-12-21(20)32(3)22(26)14-13-18-23(27(28,29)30)19(15-31)25(35)33(24(18)34)16-17-9-5-4-6-10-17/h4-13,34H,16H2,1-3H3. The molecular formula is C27H22F3N3O2. The Labute approximate surface area is 200 Å². The van der Waals surface area contributed by atoms with Crippen LogP contribution in [-0.4, -0.2) is 16.7 Å². The molecule has 1 N–H and O–H groups in total. The molecule has 2 heterocycles. The van der Waals surface area contributed by atoms with E-state index in [-0.39, 0.29) is 6.54 Å². The summed E-state index contributed by atoms with van der Waals surface area (Å²) in [6.07, 6.45) is -4.04. The molecule has 1 aliphatic heterocycles. The molecule has 0 bridgehead atoms. The minimum Gasteiger partial charge on any atom is -0.494 e. The molecule has 0 unspecified atom stereocenters. The van der Waals surface area contributed by atoms with Crippen LogP contribution in [0, 0.1) is 11.3 Å². The van der Waals surface area contributed by atoms with Gasteiger partial charge in [0.2, 0.25) is 5.88 Å². The zero-order valence-electron chi connectivity index (χ0n) is 19.3. The number of nitriles is 1.